The topological polar surface area (TPSA) is 64.0 Å². The Kier molecular flexibility index (Phi) is 2.63. The Bertz CT molecular complexity index is 369. The van der Waals surface area contributed by atoms with Crippen molar-refractivity contribution < 1.29 is 4.98 Å². The maximum atomic E-state index is 8.54. The highest BCUT2D eigenvalue weighted by atomic mass is 35.5. The molecule has 0 aliphatic rings. The minimum atomic E-state index is 0.0897. The molecule has 0 saturated heterocycles. The molecule has 12 heavy (non-hydrogen) atoms. The van der Waals surface area contributed by atoms with Crippen molar-refractivity contribution >= 4 is 40.5 Å². The number of H-pyrrole nitrogens is 1. The maximum Gasteiger partial charge on any atom is 0.303 e. The van der Waals surface area contributed by atoms with Crippen molar-refractivity contribution in [3.63, 3.8) is 0 Å². The van der Waals surface area contributed by atoms with E-state index in [0.29, 0.717) is 0 Å². The molecule has 0 aromatic carbocycles. The molecule has 0 bridgehead atoms. The second kappa shape index (κ2) is 3.36. The Hall–Kier alpha value is -0.690. The van der Waals surface area contributed by atoms with Gasteiger partial charge in [-0.1, -0.05) is 23.2 Å². The fourth-order valence-corrected chi connectivity index (χ4v) is 1.22. The van der Waals surface area contributed by atoms with E-state index in [4.69, 9.17) is 45.8 Å². The van der Waals surface area contributed by atoms with Crippen LogP contribution in [0.4, 0.5) is 5.69 Å². The number of pyridine rings is 1. The highest BCUT2D eigenvalue weighted by Crippen LogP contribution is 2.31. The molecule has 0 unspecified atom stereocenters. The van der Waals surface area contributed by atoms with Gasteiger partial charge in [0.2, 0.25) is 0 Å². The summed E-state index contributed by atoms with van der Waals surface area (Å²) < 4.78 is 0. The monoisotopic (exact) mass is 222 g/mol. The van der Waals surface area contributed by atoms with E-state index in [0.717, 1.165) is 0 Å². The van der Waals surface area contributed by atoms with Gasteiger partial charge < -0.3 is 5.73 Å². The maximum absolute atomic E-state index is 8.54. The van der Waals surface area contributed by atoms with E-state index < -0.39 is 0 Å². The zero-order valence-corrected chi connectivity index (χ0v) is 7.93. The fraction of sp³-hybridized carbons (Fsp3) is 0. The molecular formula is C6H3Cl3N3+. The van der Waals surface area contributed by atoms with Crippen molar-refractivity contribution in [1.82, 2.24) is 0 Å². The van der Waals surface area contributed by atoms with Crippen LogP contribution in [0.25, 0.3) is 0 Å². The van der Waals surface area contributed by atoms with Gasteiger partial charge in [-0.05, 0) is 11.6 Å². The number of hydrogen-bond acceptors (Lipinski definition) is 2. The van der Waals surface area contributed by atoms with Gasteiger partial charge in [-0.3, -0.25) is 0 Å². The molecule has 3 N–H and O–H groups in total. The van der Waals surface area contributed by atoms with Crippen molar-refractivity contribution in [2.24, 2.45) is 0 Å². The molecule has 3 nitrogen and oxygen atoms in total. The van der Waals surface area contributed by atoms with Crippen LogP contribution in [0.5, 0.6) is 0 Å². The molecule has 0 saturated carbocycles. The summed E-state index contributed by atoms with van der Waals surface area (Å²) >= 11 is 16.9. The largest absolute Gasteiger partial charge is 0.396 e. The Labute approximate surface area is 83.7 Å². The predicted octanol–water partition coefficient (Wildman–Crippen LogP) is 1.91. The molecule has 62 valence electrons. The van der Waals surface area contributed by atoms with Gasteiger partial charge in [-0.25, -0.2) is 0 Å². The molecule has 6 heteroatoms. The predicted molar refractivity (Wildman–Crippen MR) is 47.2 cm³/mol. The van der Waals surface area contributed by atoms with E-state index in [2.05, 4.69) is 4.98 Å². The van der Waals surface area contributed by atoms with Gasteiger partial charge in [-0.2, -0.15) is 10.2 Å². The lowest BCUT2D eigenvalue weighted by Crippen LogP contribution is -2.12. The van der Waals surface area contributed by atoms with Crippen molar-refractivity contribution in [2.45, 2.75) is 0 Å². The van der Waals surface area contributed by atoms with Crippen LogP contribution in [0, 0.1) is 11.3 Å². The van der Waals surface area contributed by atoms with Crippen LogP contribution in [0.1, 0.15) is 5.69 Å². The lowest BCUT2D eigenvalue weighted by molar-refractivity contribution is -0.379. The second-order valence-electron chi connectivity index (χ2n) is 1.97. The van der Waals surface area contributed by atoms with Gasteiger partial charge in [0.05, 0.1) is 5.69 Å². The first-order chi connectivity index (χ1) is 5.57. The smallest absolute Gasteiger partial charge is 0.303 e. The molecule has 0 aliphatic heterocycles. The van der Waals surface area contributed by atoms with Gasteiger partial charge >= 0.3 is 5.69 Å². The molecular weight excluding hydrogens is 220 g/mol. The van der Waals surface area contributed by atoms with Crippen molar-refractivity contribution in [2.75, 3.05) is 5.73 Å². The van der Waals surface area contributed by atoms with E-state index in [-0.39, 0.29) is 26.6 Å². The van der Waals surface area contributed by atoms with E-state index in [9.17, 15) is 0 Å². The Morgan fingerprint density at radius 2 is 1.83 bits per heavy atom. The fourth-order valence-electron chi connectivity index (χ4n) is 0.646. The van der Waals surface area contributed by atoms with Gasteiger partial charge in [0.1, 0.15) is 10.0 Å². The molecule has 0 atom stereocenters. The quantitative estimate of drug-likeness (QED) is 0.683. The average Bonchev–Trinajstić information content (AvgIpc) is 2.08. The number of aromatic nitrogens is 1. The number of nitriles is 1. The summed E-state index contributed by atoms with van der Waals surface area (Å²) in [6.45, 7) is 0. The van der Waals surface area contributed by atoms with Crippen LogP contribution in [-0.4, -0.2) is 0 Å². The standard InChI is InChI=1S/C6H2Cl3N3/c7-3-2(1-10)12-6(9)4(8)5(3)11/h(H2,11,12)/p+1. The number of aromatic amines is 1. The third-order valence-electron chi connectivity index (χ3n) is 1.23. The van der Waals surface area contributed by atoms with Crippen LogP contribution >= 0.6 is 34.8 Å². The minimum absolute atomic E-state index is 0.0897. The number of nitrogen functional groups attached to an aromatic ring is 1. The number of nitrogens with two attached hydrogens (primary N) is 1. The zero-order chi connectivity index (χ0) is 9.30. The van der Waals surface area contributed by atoms with E-state index in [1.54, 1.807) is 6.07 Å². The van der Waals surface area contributed by atoms with Crippen LogP contribution in [-0.2, 0) is 0 Å². The SMILES string of the molecule is N#Cc1[nH+]c(Cl)c(Cl)c(N)c1Cl. The number of rotatable bonds is 0. The summed E-state index contributed by atoms with van der Waals surface area (Å²) in [4.78, 5) is 2.49. The molecule has 1 heterocycles. The molecule has 0 aliphatic carbocycles. The van der Waals surface area contributed by atoms with Gasteiger partial charge in [0.25, 0.3) is 5.15 Å². The number of anilines is 1. The zero-order valence-electron chi connectivity index (χ0n) is 5.66. The Balaban J connectivity index is 3.52. The lowest BCUT2D eigenvalue weighted by atomic mass is 10.3. The third kappa shape index (κ3) is 1.42. The van der Waals surface area contributed by atoms with E-state index in [1.807, 2.05) is 0 Å². The summed E-state index contributed by atoms with van der Waals surface area (Å²) in [5.74, 6) is 0. The second-order valence-corrected chi connectivity index (χ2v) is 3.10. The van der Waals surface area contributed by atoms with Crippen molar-refractivity contribution in [3.8, 4) is 6.07 Å². The molecule has 0 fully saturated rings. The van der Waals surface area contributed by atoms with Gasteiger partial charge in [-0.15, -0.1) is 0 Å². The van der Waals surface area contributed by atoms with Crippen LogP contribution in [0.15, 0.2) is 0 Å². The molecule has 0 amide bonds. The highest BCUT2D eigenvalue weighted by Gasteiger charge is 2.19. The Morgan fingerprint density at radius 1 is 1.25 bits per heavy atom. The number of halogens is 3. The number of nitrogens with one attached hydrogen (secondary N) is 1. The summed E-state index contributed by atoms with van der Waals surface area (Å²) in [6, 6.07) is 1.79. The van der Waals surface area contributed by atoms with Crippen LogP contribution in [0.3, 0.4) is 0 Å². The third-order valence-corrected chi connectivity index (χ3v) is 2.40. The summed E-state index contributed by atoms with van der Waals surface area (Å²) in [7, 11) is 0. The molecule has 1 aromatic rings. The highest BCUT2D eigenvalue weighted by molar-refractivity contribution is 6.44. The van der Waals surface area contributed by atoms with Crippen molar-refractivity contribution in [3.05, 3.63) is 20.9 Å². The molecule has 0 radical (unpaired) electrons. The molecule has 1 rings (SSSR count). The minimum Gasteiger partial charge on any atom is -0.396 e. The number of hydrogen-bond donors (Lipinski definition) is 1. The average molecular weight is 223 g/mol. The molecule has 1 aromatic heterocycles. The Morgan fingerprint density at radius 3 is 2.33 bits per heavy atom. The summed E-state index contributed by atoms with van der Waals surface area (Å²) in [5.41, 5.74) is 5.65. The number of nitrogens with zero attached hydrogens (tertiary/aromatic N) is 1. The first kappa shape index (κ1) is 9.40. The van der Waals surface area contributed by atoms with E-state index >= 15 is 0 Å². The van der Waals surface area contributed by atoms with E-state index in [1.165, 1.54) is 0 Å². The normalized spacial score (nSPS) is 9.50. The summed E-state index contributed by atoms with van der Waals surface area (Å²) in [6.07, 6.45) is 0. The first-order valence-corrected chi connectivity index (χ1v) is 3.96. The van der Waals surface area contributed by atoms with Gasteiger partial charge in [0.15, 0.2) is 6.07 Å². The van der Waals surface area contributed by atoms with Crippen molar-refractivity contribution in [1.29, 1.82) is 5.26 Å². The summed E-state index contributed by atoms with van der Waals surface area (Å²) in [5, 5.41) is 8.86. The van der Waals surface area contributed by atoms with Gasteiger partial charge in [0, 0.05) is 0 Å². The molecule has 0 spiro atoms. The van der Waals surface area contributed by atoms with Crippen LogP contribution in [0.2, 0.25) is 15.2 Å². The van der Waals surface area contributed by atoms with Crippen LogP contribution < -0.4 is 10.7 Å². The first-order valence-electron chi connectivity index (χ1n) is 2.83. The lowest BCUT2D eigenvalue weighted by Gasteiger charge is -1.97.